The molecule has 2 aromatic carbocycles. The summed E-state index contributed by atoms with van der Waals surface area (Å²) in [4.78, 5) is 29.1. The minimum atomic E-state index is -0.935. The van der Waals surface area contributed by atoms with Crippen molar-refractivity contribution >= 4 is 34.2 Å². The second kappa shape index (κ2) is 7.88. The highest BCUT2D eigenvalue weighted by molar-refractivity contribution is 6.45. The first-order chi connectivity index (χ1) is 14.4. The second-order valence-corrected chi connectivity index (χ2v) is 7.05. The van der Waals surface area contributed by atoms with Crippen LogP contribution in [0.25, 0.3) is 10.9 Å². The van der Waals surface area contributed by atoms with Gasteiger partial charge in [-0.1, -0.05) is 29.8 Å². The van der Waals surface area contributed by atoms with Crippen molar-refractivity contribution in [1.29, 1.82) is 0 Å². The fraction of sp³-hybridized carbons (Fsp3) is 0.0455. The number of phenolic OH excluding ortho intramolecular Hbond substituents is 1. The minimum Gasteiger partial charge on any atom is -0.508 e. The van der Waals surface area contributed by atoms with E-state index in [-0.39, 0.29) is 16.7 Å². The molecular weight excluding hydrogens is 406 g/mol. The molecular formula is C22H16ClN3O4. The average molecular weight is 422 g/mol. The van der Waals surface area contributed by atoms with Crippen LogP contribution in [0.1, 0.15) is 15.9 Å². The zero-order valence-electron chi connectivity index (χ0n) is 15.6. The maximum absolute atomic E-state index is 12.8. The highest BCUT2D eigenvalue weighted by Crippen LogP contribution is 2.28. The topological polar surface area (TPSA) is 96.8 Å². The number of carbonyl (C=O) groups is 2. The first-order valence-corrected chi connectivity index (χ1v) is 9.36. The average Bonchev–Trinajstić information content (AvgIpc) is 3.08. The monoisotopic (exact) mass is 421 g/mol. The molecule has 0 aliphatic rings. The van der Waals surface area contributed by atoms with Gasteiger partial charge in [0.25, 0.3) is 5.78 Å². The Bertz CT molecular complexity index is 1330. The fourth-order valence-corrected chi connectivity index (χ4v) is 3.37. The van der Waals surface area contributed by atoms with E-state index in [4.69, 9.17) is 11.6 Å². The number of aromatic hydroxyl groups is 1. The van der Waals surface area contributed by atoms with E-state index in [1.54, 1.807) is 22.9 Å². The maximum atomic E-state index is 12.8. The third-order valence-corrected chi connectivity index (χ3v) is 5.00. The van der Waals surface area contributed by atoms with Gasteiger partial charge in [0.2, 0.25) is 0 Å². The molecule has 4 aromatic rings. The van der Waals surface area contributed by atoms with E-state index >= 15 is 0 Å². The number of carbonyl (C=O) groups excluding carboxylic acids is 2. The van der Waals surface area contributed by atoms with Gasteiger partial charge in [0.05, 0.1) is 16.4 Å². The number of hydrogen-bond donors (Lipinski definition) is 2. The molecule has 2 heterocycles. The SMILES string of the molecule is O=C(N=c1ccn(O)cc1)C(=O)c1cn(Cc2ccccc2Cl)c2cc(O)ccc12. The van der Waals surface area contributed by atoms with Crippen molar-refractivity contribution in [2.45, 2.75) is 6.54 Å². The molecule has 8 heteroatoms. The number of Topliss-reactive ketones (excluding diaryl/α,β-unsaturated/α-hetero) is 1. The van der Waals surface area contributed by atoms with Gasteiger partial charge in [-0.2, -0.15) is 0 Å². The van der Waals surface area contributed by atoms with Gasteiger partial charge in [0.15, 0.2) is 0 Å². The van der Waals surface area contributed by atoms with Crippen LogP contribution < -0.4 is 5.36 Å². The number of hydrogen-bond acceptors (Lipinski definition) is 4. The highest BCUT2D eigenvalue weighted by Gasteiger charge is 2.21. The number of aromatic nitrogens is 2. The molecule has 2 N–H and O–H groups in total. The lowest BCUT2D eigenvalue weighted by Crippen LogP contribution is -2.16. The summed E-state index contributed by atoms with van der Waals surface area (Å²) in [5, 5.41) is 20.5. The van der Waals surface area contributed by atoms with Crippen LogP contribution in [0.4, 0.5) is 0 Å². The number of halogens is 1. The van der Waals surface area contributed by atoms with E-state index in [9.17, 15) is 19.9 Å². The Morgan fingerprint density at radius 3 is 2.50 bits per heavy atom. The Morgan fingerprint density at radius 1 is 1.03 bits per heavy atom. The normalized spacial score (nSPS) is 10.8. The summed E-state index contributed by atoms with van der Waals surface area (Å²) in [6.07, 6.45) is 4.17. The van der Waals surface area contributed by atoms with Gasteiger partial charge >= 0.3 is 5.91 Å². The van der Waals surface area contributed by atoms with E-state index in [1.807, 2.05) is 18.2 Å². The number of benzene rings is 2. The van der Waals surface area contributed by atoms with E-state index in [2.05, 4.69) is 4.99 Å². The third kappa shape index (κ3) is 3.83. The number of pyridine rings is 1. The number of ketones is 1. The molecule has 0 bridgehead atoms. The third-order valence-electron chi connectivity index (χ3n) is 4.63. The van der Waals surface area contributed by atoms with Crippen molar-refractivity contribution in [2.24, 2.45) is 4.99 Å². The van der Waals surface area contributed by atoms with Crippen molar-refractivity contribution in [1.82, 2.24) is 9.30 Å². The van der Waals surface area contributed by atoms with Crippen molar-refractivity contribution < 1.29 is 19.9 Å². The smallest absolute Gasteiger partial charge is 0.318 e. The minimum absolute atomic E-state index is 0.0395. The largest absolute Gasteiger partial charge is 0.508 e. The Morgan fingerprint density at radius 2 is 1.77 bits per heavy atom. The predicted molar refractivity (Wildman–Crippen MR) is 111 cm³/mol. The molecule has 7 nitrogen and oxygen atoms in total. The first-order valence-electron chi connectivity index (χ1n) is 8.98. The van der Waals surface area contributed by atoms with Crippen LogP contribution in [0.5, 0.6) is 5.75 Å². The number of fused-ring (bicyclic) bond motifs is 1. The summed E-state index contributed by atoms with van der Waals surface area (Å²) < 4.78 is 2.56. The zero-order valence-corrected chi connectivity index (χ0v) is 16.3. The second-order valence-electron chi connectivity index (χ2n) is 6.65. The van der Waals surface area contributed by atoms with Crippen molar-refractivity contribution in [3.63, 3.8) is 0 Å². The molecule has 0 aliphatic carbocycles. The number of phenols is 1. The Balaban J connectivity index is 1.76. The molecule has 0 saturated heterocycles. The summed E-state index contributed by atoms with van der Waals surface area (Å²) in [7, 11) is 0. The highest BCUT2D eigenvalue weighted by atomic mass is 35.5. The molecule has 2 aromatic heterocycles. The van der Waals surface area contributed by atoms with E-state index in [0.717, 1.165) is 10.3 Å². The van der Waals surface area contributed by atoms with E-state index < -0.39 is 11.7 Å². The van der Waals surface area contributed by atoms with Gasteiger partial charge in [0, 0.05) is 41.6 Å². The summed E-state index contributed by atoms with van der Waals surface area (Å²) in [5.74, 6) is -1.67. The first kappa shape index (κ1) is 19.5. The summed E-state index contributed by atoms with van der Waals surface area (Å²) >= 11 is 6.26. The van der Waals surface area contributed by atoms with Gasteiger partial charge in [-0.3, -0.25) is 9.59 Å². The quantitative estimate of drug-likeness (QED) is 0.300. The molecule has 0 atom stereocenters. The van der Waals surface area contributed by atoms with E-state index in [0.29, 0.717) is 22.5 Å². The summed E-state index contributed by atoms with van der Waals surface area (Å²) in [6.45, 7) is 0.355. The molecule has 0 radical (unpaired) electrons. The van der Waals surface area contributed by atoms with E-state index in [1.165, 1.54) is 36.7 Å². The fourth-order valence-electron chi connectivity index (χ4n) is 3.17. The molecule has 0 saturated carbocycles. The molecule has 0 unspecified atom stereocenters. The van der Waals surface area contributed by atoms with Crippen molar-refractivity contribution in [3.8, 4) is 5.75 Å². The van der Waals surface area contributed by atoms with Gasteiger partial charge in [0.1, 0.15) is 5.75 Å². The predicted octanol–water partition coefficient (Wildman–Crippen LogP) is 3.40. The van der Waals surface area contributed by atoms with Crippen LogP contribution in [0.15, 0.2) is 78.2 Å². The van der Waals surface area contributed by atoms with Crippen LogP contribution >= 0.6 is 11.6 Å². The van der Waals surface area contributed by atoms with Gasteiger partial charge in [-0.15, -0.1) is 0 Å². The maximum Gasteiger partial charge on any atom is 0.318 e. The van der Waals surface area contributed by atoms with Gasteiger partial charge in [-0.25, -0.2) is 9.72 Å². The molecule has 150 valence electrons. The van der Waals surface area contributed by atoms with Crippen molar-refractivity contribution in [3.05, 3.63) is 94.7 Å². The molecule has 0 spiro atoms. The summed E-state index contributed by atoms with van der Waals surface area (Å²) in [6, 6.07) is 14.7. The number of rotatable bonds is 4. The standard InChI is InChI=1S/C22H16ClN3O4/c23-19-4-2-1-3-14(19)12-25-13-18(17-6-5-16(27)11-20(17)25)21(28)22(29)24-15-7-9-26(30)10-8-15/h1-11,13,27,30H,12H2. The zero-order chi connectivity index (χ0) is 21.3. The van der Waals surface area contributed by atoms with Gasteiger partial charge < -0.3 is 14.9 Å². The Hall–Kier alpha value is -3.84. The van der Waals surface area contributed by atoms with Crippen LogP contribution in [0, 0.1) is 0 Å². The number of nitrogens with zero attached hydrogens (tertiary/aromatic N) is 3. The lowest BCUT2D eigenvalue weighted by molar-refractivity contribution is -0.114. The van der Waals surface area contributed by atoms with Crippen LogP contribution in [0.2, 0.25) is 5.02 Å². The molecule has 1 amide bonds. The number of amides is 1. The van der Waals surface area contributed by atoms with Crippen LogP contribution in [0.3, 0.4) is 0 Å². The Kier molecular flexibility index (Phi) is 5.12. The summed E-state index contributed by atoms with van der Waals surface area (Å²) in [5.41, 5.74) is 1.60. The molecule has 0 aliphatic heterocycles. The Labute approximate surface area is 175 Å². The molecule has 30 heavy (non-hydrogen) atoms. The molecule has 4 rings (SSSR count). The van der Waals surface area contributed by atoms with Crippen LogP contribution in [-0.2, 0) is 11.3 Å². The lowest BCUT2D eigenvalue weighted by atomic mass is 10.1. The van der Waals surface area contributed by atoms with Crippen LogP contribution in [-0.4, -0.2) is 31.3 Å². The lowest BCUT2D eigenvalue weighted by Gasteiger charge is -2.07. The molecule has 0 fully saturated rings. The van der Waals surface area contributed by atoms with Crippen molar-refractivity contribution in [2.75, 3.05) is 0 Å². The van der Waals surface area contributed by atoms with Gasteiger partial charge in [-0.05, 0) is 35.9 Å².